The van der Waals surface area contributed by atoms with Gasteiger partial charge >= 0.3 is 0 Å². The second-order valence-electron chi connectivity index (χ2n) is 11.6. The van der Waals surface area contributed by atoms with Gasteiger partial charge in [0.15, 0.2) is 0 Å². The van der Waals surface area contributed by atoms with Crippen LogP contribution in [0.4, 0.5) is 0 Å². The fourth-order valence-corrected chi connectivity index (χ4v) is 4.57. The Hall–Kier alpha value is -2.40. The number of hydrogen-bond acceptors (Lipinski definition) is 7. The minimum atomic E-state index is -0.895. The molecule has 0 aromatic heterocycles. The summed E-state index contributed by atoms with van der Waals surface area (Å²) in [6.45, 7) is 11.5. The highest BCUT2D eigenvalue weighted by atomic mass is 35.5. The molecule has 0 aliphatic rings. The van der Waals surface area contributed by atoms with Gasteiger partial charge in [-0.3, -0.25) is 14.4 Å². The highest BCUT2D eigenvalue weighted by Gasteiger charge is 2.30. The van der Waals surface area contributed by atoms with Gasteiger partial charge in [-0.05, 0) is 55.6 Å². The summed E-state index contributed by atoms with van der Waals surface area (Å²) < 4.78 is 10.9. The molecule has 1 aromatic carbocycles. The number of methoxy groups -OCH3 is 1. The first-order valence-electron chi connectivity index (χ1n) is 14.8. The topological polar surface area (TPSA) is 152 Å². The summed E-state index contributed by atoms with van der Waals surface area (Å²) in [7, 11) is 3.23. The van der Waals surface area contributed by atoms with Gasteiger partial charge in [0, 0.05) is 45.8 Å². The number of para-hydroxylation sites is 1. The Morgan fingerprint density at radius 3 is 2.14 bits per heavy atom. The zero-order valence-corrected chi connectivity index (χ0v) is 27.3. The third-order valence-corrected chi connectivity index (χ3v) is 7.58. The van der Waals surface area contributed by atoms with E-state index in [1.807, 2.05) is 19.9 Å². The molecule has 0 radical (unpaired) electrons. The van der Waals surface area contributed by atoms with Crippen LogP contribution in [0.15, 0.2) is 24.3 Å². The molecule has 4 unspecified atom stereocenters. The summed E-state index contributed by atoms with van der Waals surface area (Å²) in [6.07, 6.45) is 1.51. The van der Waals surface area contributed by atoms with E-state index in [-0.39, 0.29) is 66.8 Å². The molecule has 10 nitrogen and oxygen atoms in total. The first-order chi connectivity index (χ1) is 19.4. The van der Waals surface area contributed by atoms with Crippen LogP contribution in [0, 0.1) is 29.6 Å². The molecule has 0 heterocycles. The molecule has 0 saturated carbocycles. The maximum atomic E-state index is 13.1. The molecule has 242 valence electrons. The highest BCUT2D eigenvalue weighted by molar-refractivity contribution is 5.96. The Bertz CT molecular complexity index is 932. The Morgan fingerprint density at radius 1 is 0.905 bits per heavy atom. The molecule has 1 rings (SSSR count). The third-order valence-electron chi connectivity index (χ3n) is 7.58. The first-order valence-corrected chi connectivity index (χ1v) is 14.8. The number of nitrogens with one attached hydrogen (secondary N) is 3. The molecule has 42 heavy (non-hydrogen) atoms. The van der Waals surface area contributed by atoms with Crippen LogP contribution in [0.25, 0.3) is 0 Å². The molecule has 0 spiro atoms. The first kappa shape index (κ1) is 39.6. The van der Waals surface area contributed by atoms with Crippen molar-refractivity contribution in [2.24, 2.45) is 35.3 Å². The number of carbonyl (C=O) groups excluding carboxylic acids is 3. The molecule has 5 atom stereocenters. The Kier molecular flexibility index (Phi) is 20.1. The minimum Gasteiger partial charge on any atom is -0.493 e. The standard InChI is InChI=1S/C31H54N4O6.ClH/c1-20(2)23(19-35-30(38)24-12-8-9-13-28(24)41-15-11-10-14-40-7)16-26(32)27(36)17-25(21(3)4)31(39)34-18-22(5)29(37)33-6;/h8-9,12-13,20-23,25-27,36H,10-11,14-19,32H2,1-7H3,(H,33,37)(H,34,39)(H,35,38);1H/t22?,23?,25?,26?,27-;/m1./s1. The van der Waals surface area contributed by atoms with Gasteiger partial charge in [-0.25, -0.2) is 0 Å². The van der Waals surface area contributed by atoms with E-state index in [9.17, 15) is 19.5 Å². The predicted molar refractivity (Wildman–Crippen MR) is 169 cm³/mol. The van der Waals surface area contributed by atoms with Crippen LogP contribution in [0.3, 0.4) is 0 Å². The van der Waals surface area contributed by atoms with Crippen molar-refractivity contribution in [1.82, 2.24) is 16.0 Å². The van der Waals surface area contributed by atoms with E-state index in [1.165, 1.54) is 0 Å². The summed E-state index contributed by atoms with van der Waals surface area (Å²) in [6, 6.07) is 6.61. The number of nitrogens with two attached hydrogens (primary N) is 1. The van der Waals surface area contributed by atoms with Crippen molar-refractivity contribution in [3.05, 3.63) is 29.8 Å². The van der Waals surface area contributed by atoms with Crippen LogP contribution in [-0.2, 0) is 14.3 Å². The van der Waals surface area contributed by atoms with Crippen LogP contribution in [0.2, 0.25) is 0 Å². The third kappa shape index (κ3) is 14.2. The van der Waals surface area contributed by atoms with Crippen molar-refractivity contribution in [2.75, 3.05) is 40.5 Å². The lowest BCUT2D eigenvalue weighted by molar-refractivity contribution is -0.128. The van der Waals surface area contributed by atoms with Gasteiger partial charge in [-0.2, -0.15) is 0 Å². The van der Waals surface area contributed by atoms with E-state index in [2.05, 4.69) is 29.8 Å². The monoisotopic (exact) mass is 614 g/mol. The molecule has 6 N–H and O–H groups in total. The summed E-state index contributed by atoms with van der Waals surface area (Å²) >= 11 is 0. The highest BCUT2D eigenvalue weighted by Crippen LogP contribution is 2.24. The second-order valence-corrected chi connectivity index (χ2v) is 11.6. The molecular formula is C31H55ClN4O6. The summed E-state index contributed by atoms with van der Waals surface area (Å²) in [5.74, 6) is -0.626. The van der Waals surface area contributed by atoms with Gasteiger partial charge in [0.25, 0.3) is 5.91 Å². The molecule has 0 fully saturated rings. The number of halogens is 1. The van der Waals surface area contributed by atoms with E-state index >= 15 is 0 Å². The number of benzene rings is 1. The summed E-state index contributed by atoms with van der Waals surface area (Å²) in [4.78, 5) is 37.7. The van der Waals surface area contributed by atoms with E-state index in [0.717, 1.165) is 12.8 Å². The molecule has 0 aliphatic carbocycles. The van der Waals surface area contributed by atoms with Crippen LogP contribution in [0.5, 0.6) is 5.75 Å². The van der Waals surface area contributed by atoms with Crippen LogP contribution in [-0.4, -0.2) is 75.4 Å². The zero-order chi connectivity index (χ0) is 30.9. The molecule has 0 bridgehead atoms. The van der Waals surface area contributed by atoms with Crippen LogP contribution in [0.1, 0.15) is 70.7 Å². The average Bonchev–Trinajstić information content (AvgIpc) is 2.95. The summed E-state index contributed by atoms with van der Waals surface area (Å²) in [5.41, 5.74) is 6.91. The lowest BCUT2D eigenvalue weighted by Gasteiger charge is -2.30. The van der Waals surface area contributed by atoms with Crippen molar-refractivity contribution < 1.29 is 29.0 Å². The zero-order valence-electron chi connectivity index (χ0n) is 26.5. The Labute approximate surface area is 258 Å². The second kappa shape index (κ2) is 21.3. The van der Waals surface area contributed by atoms with Gasteiger partial charge in [-0.1, -0.05) is 46.8 Å². The van der Waals surface area contributed by atoms with E-state index in [1.54, 1.807) is 39.3 Å². The molecule has 3 amide bonds. The fraction of sp³-hybridized carbons (Fsp3) is 0.710. The molecule has 0 saturated heterocycles. The van der Waals surface area contributed by atoms with E-state index in [4.69, 9.17) is 15.2 Å². The lowest BCUT2D eigenvalue weighted by Crippen LogP contribution is -2.45. The maximum Gasteiger partial charge on any atom is 0.255 e. The largest absolute Gasteiger partial charge is 0.493 e. The number of hydrogen-bond donors (Lipinski definition) is 5. The van der Waals surface area contributed by atoms with E-state index in [0.29, 0.717) is 37.5 Å². The predicted octanol–water partition coefficient (Wildman–Crippen LogP) is 3.15. The van der Waals surface area contributed by atoms with Crippen LogP contribution >= 0.6 is 12.4 Å². The number of unbranched alkanes of at least 4 members (excludes halogenated alkanes) is 1. The molecule has 0 aliphatic heterocycles. The minimum absolute atomic E-state index is 0. The smallest absolute Gasteiger partial charge is 0.255 e. The van der Waals surface area contributed by atoms with Crippen molar-refractivity contribution in [1.29, 1.82) is 0 Å². The van der Waals surface area contributed by atoms with Gasteiger partial charge in [0.05, 0.1) is 24.2 Å². The number of aliphatic hydroxyl groups is 1. The number of rotatable bonds is 20. The quantitative estimate of drug-likeness (QED) is 0.141. The van der Waals surface area contributed by atoms with Crippen molar-refractivity contribution in [3.63, 3.8) is 0 Å². The number of carbonyl (C=O) groups is 3. The number of aliphatic hydroxyl groups excluding tert-OH is 1. The van der Waals surface area contributed by atoms with Crippen molar-refractivity contribution in [3.8, 4) is 5.75 Å². The van der Waals surface area contributed by atoms with Crippen molar-refractivity contribution in [2.45, 2.75) is 72.4 Å². The lowest BCUT2D eigenvalue weighted by atomic mass is 9.83. The Morgan fingerprint density at radius 2 is 1.55 bits per heavy atom. The molecule has 11 heteroatoms. The van der Waals surface area contributed by atoms with Gasteiger partial charge in [-0.15, -0.1) is 12.4 Å². The average molecular weight is 615 g/mol. The normalized spacial score (nSPS) is 14.7. The number of amides is 3. The van der Waals surface area contributed by atoms with Crippen LogP contribution < -0.4 is 26.4 Å². The molecular weight excluding hydrogens is 560 g/mol. The summed E-state index contributed by atoms with van der Waals surface area (Å²) in [5, 5.41) is 19.4. The molecule has 1 aromatic rings. The SMILES string of the molecule is CNC(=O)C(C)CNC(=O)C(C[C@@H](O)C(N)CC(CNC(=O)c1ccccc1OCCCCOC)C(C)C)C(C)C.Cl. The van der Waals surface area contributed by atoms with Crippen molar-refractivity contribution >= 4 is 30.1 Å². The van der Waals surface area contributed by atoms with Gasteiger partial charge in [0.1, 0.15) is 5.75 Å². The fourth-order valence-electron chi connectivity index (χ4n) is 4.57. The number of ether oxygens (including phenoxy) is 2. The maximum absolute atomic E-state index is 13.1. The van der Waals surface area contributed by atoms with E-state index < -0.39 is 18.1 Å². The van der Waals surface area contributed by atoms with Gasteiger partial charge in [0.2, 0.25) is 11.8 Å². The van der Waals surface area contributed by atoms with Gasteiger partial charge < -0.3 is 36.3 Å². The Balaban J connectivity index is 0.0000168.